The lowest BCUT2D eigenvalue weighted by atomic mass is 9.99. The molecule has 4 heterocycles. The van der Waals surface area contributed by atoms with Crippen molar-refractivity contribution in [2.75, 3.05) is 13.1 Å². The molecular weight excluding hydrogens is 382 g/mol. The molecular formula is C22H25N5O3. The minimum Gasteiger partial charge on any atom is -0.336 e. The van der Waals surface area contributed by atoms with Gasteiger partial charge >= 0.3 is 0 Å². The maximum Gasteiger partial charge on any atom is 0.254 e. The minimum atomic E-state index is -0.271. The molecule has 30 heavy (non-hydrogen) atoms. The second kappa shape index (κ2) is 7.66. The number of H-pyrrole nitrogens is 1. The van der Waals surface area contributed by atoms with Crippen LogP contribution < -0.4 is 5.56 Å². The Hall–Kier alpha value is -3.03. The summed E-state index contributed by atoms with van der Waals surface area (Å²) in [6, 6.07) is 3.14. The molecule has 8 nitrogen and oxygen atoms in total. The first-order valence-electron chi connectivity index (χ1n) is 10.7. The quantitative estimate of drug-likeness (QED) is 0.837. The predicted molar refractivity (Wildman–Crippen MR) is 109 cm³/mol. The SMILES string of the molecule is O=C(C1CC1)N1CCc2c(nc([C@H]3CCCCN3C(=O)c3ccncc3)[nH]c2=O)C1. The van der Waals surface area contributed by atoms with Gasteiger partial charge in [-0.2, -0.15) is 0 Å². The third kappa shape index (κ3) is 3.51. The number of aromatic amines is 1. The summed E-state index contributed by atoms with van der Waals surface area (Å²) in [5.74, 6) is 0.783. The zero-order chi connectivity index (χ0) is 20.7. The van der Waals surface area contributed by atoms with E-state index >= 15 is 0 Å². The van der Waals surface area contributed by atoms with Crippen LogP contribution in [-0.4, -0.2) is 49.7 Å². The molecule has 1 atom stereocenters. The number of fused-ring (bicyclic) bond motifs is 1. The summed E-state index contributed by atoms with van der Waals surface area (Å²) >= 11 is 0. The lowest BCUT2D eigenvalue weighted by Crippen LogP contribution is -2.42. The molecule has 2 aliphatic heterocycles. The first-order chi connectivity index (χ1) is 14.6. The summed E-state index contributed by atoms with van der Waals surface area (Å²) in [6.07, 6.45) is 8.32. The van der Waals surface area contributed by atoms with Crippen LogP contribution in [0.5, 0.6) is 0 Å². The van der Waals surface area contributed by atoms with E-state index in [1.165, 1.54) is 0 Å². The third-order valence-corrected chi connectivity index (χ3v) is 6.34. The van der Waals surface area contributed by atoms with Gasteiger partial charge in [-0.1, -0.05) is 0 Å². The number of hydrogen-bond acceptors (Lipinski definition) is 5. The molecule has 1 aliphatic carbocycles. The Labute approximate surface area is 174 Å². The van der Waals surface area contributed by atoms with Crippen LogP contribution in [0.4, 0.5) is 0 Å². The second-order valence-electron chi connectivity index (χ2n) is 8.41. The zero-order valence-corrected chi connectivity index (χ0v) is 16.8. The molecule has 2 fully saturated rings. The highest BCUT2D eigenvalue weighted by Crippen LogP contribution is 2.33. The number of pyridine rings is 1. The minimum absolute atomic E-state index is 0.0759. The Balaban J connectivity index is 1.45. The number of rotatable bonds is 3. The number of amides is 2. The molecule has 0 spiro atoms. The number of likely N-dealkylation sites (tertiary alicyclic amines) is 1. The molecule has 2 aromatic rings. The summed E-state index contributed by atoms with van der Waals surface area (Å²) in [5, 5.41) is 0. The Kier molecular flexibility index (Phi) is 4.84. The largest absolute Gasteiger partial charge is 0.336 e. The van der Waals surface area contributed by atoms with Gasteiger partial charge < -0.3 is 14.8 Å². The van der Waals surface area contributed by atoms with E-state index in [-0.39, 0.29) is 29.3 Å². The molecule has 0 radical (unpaired) electrons. The van der Waals surface area contributed by atoms with Crippen molar-refractivity contribution in [2.45, 2.75) is 51.1 Å². The van der Waals surface area contributed by atoms with Crippen molar-refractivity contribution in [3.8, 4) is 0 Å². The first kappa shape index (κ1) is 19.0. The molecule has 0 unspecified atom stereocenters. The molecule has 0 bridgehead atoms. The van der Waals surface area contributed by atoms with E-state index < -0.39 is 0 Å². The summed E-state index contributed by atoms with van der Waals surface area (Å²) in [4.78, 5) is 53.7. The molecule has 156 valence electrons. The van der Waals surface area contributed by atoms with Crippen molar-refractivity contribution in [3.05, 3.63) is 57.5 Å². The van der Waals surface area contributed by atoms with Gasteiger partial charge in [0.2, 0.25) is 5.91 Å². The van der Waals surface area contributed by atoms with Crippen molar-refractivity contribution in [2.24, 2.45) is 5.92 Å². The highest BCUT2D eigenvalue weighted by atomic mass is 16.2. The van der Waals surface area contributed by atoms with Crippen LogP contribution in [0.3, 0.4) is 0 Å². The van der Waals surface area contributed by atoms with Crippen molar-refractivity contribution in [1.29, 1.82) is 0 Å². The van der Waals surface area contributed by atoms with Crippen LogP contribution >= 0.6 is 0 Å². The number of aromatic nitrogens is 3. The molecule has 2 amide bonds. The molecule has 1 saturated carbocycles. The standard InChI is InChI=1S/C22H25N5O3/c28-20-16-8-12-26(21(29)14-4-5-14)13-17(16)24-19(25-20)18-3-1-2-11-27(18)22(30)15-6-9-23-10-7-15/h6-7,9-10,14,18H,1-5,8,11-13H2,(H,24,25,28)/t18-/m1/s1. The van der Waals surface area contributed by atoms with Gasteiger partial charge in [-0.15, -0.1) is 0 Å². The molecule has 1 saturated heterocycles. The number of nitrogens with zero attached hydrogens (tertiary/aromatic N) is 4. The highest BCUT2D eigenvalue weighted by Gasteiger charge is 2.36. The van der Waals surface area contributed by atoms with E-state index in [4.69, 9.17) is 4.98 Å². The number of carbonyl (C=O) groups is 2. The number of piperidine rings is 1. The maximum absolute atomic E-state index is 13.1. The number of nitrogens with one attached hydrogen (secondary N) is 1. The summed E-state index contributed by atoms with van der Waals surface area (Å²) < 4.78 is 0. The van der Waals surface area contributed by atoms with E-state index in [0.29, 0.717) is 48.7 Å². The van der Waals surface area contributed by atoms with Gasteiger partial charge in [-0.05, 0) is 50.7 Å². The van der Waals surface area contributed by atoms with E-state index in [2.05, 4.69) is 9.97 Å². The van der Waals surface area contributed by atoms with Crippen LogP contribution in [0.2, 0.25) is 0 Å². The molecule has 0 aromatic carbocycles. The number of hydrogen-bond donors (Lipinski definition) is 1. The summed E-state index contributed by atoms with van der Waals surface area (Å²) in [5.41, 5.74) is 1.78. The van der Waals surface area contributed by atoms with Gasteiger partial charge in [0.15, 0.2) is 0 Å². The normalized spacial score (nSPS) is 21.3. The Bertz CT molecular complexity index is 1030. The molecule has 5 rings (SSSR count). The molecule has 1 N–H and O–H groups in total. The van der Waals surface area contributed by atoms with E-state index in [1.54, 1.807) is 29.4 Å². The fraction of sp³-hybridized carbons (Fsp3) is 0.500. The van der Waals surface area contributed by atoms with Crippen LogP contribution in [0.15, 0.2) is 29.3 Å². The van der Waals surface area contributed by atoms with Crippen LogP contribution in [0, 0.1) is 5.92 Å². The van der Waals surface area contributed by atoms with E-state index in [0.717, 1.165) is 32.1 Å². The third-order valence-electron chi connectivity index (χ3n) is 6.34. The average Bonchev–Trinajstić information content (AvgIpc) is 3.64. The molecule has 2 aromatic heterocycles. The van der Waals surface area contributed by atoms with Crippen molar-refractivity contribution in [3.63, 3.8) is 0 Å². The van der Waals surface area contributed by atoms with Gasteiger partial charge in [-0.25, -0.2) is 4.98 Å². The fourth-order valence-electron chi connectivity index (χ4n) is 4.51. The van der Waals surface area contributed by atoms with Gasteiger partial charge in [0.1, 0.15) is 5.82 Å². The highest BCUT2D eigenvalue weighted by molar-refractivity contribution is 5.94. The van der Waals surface area contributed by atoms with E-state index in [9.17, 15) is 14.4 Å². The molecule has 3 aliphatic rings. The first-order valence-corrected chi connectivity index (χ1v) is 10.7. The topological polar surface area (TPSA) is 99.3 Å². The van der Waals surface area contributed by atoms with Crippen LogP contribution in [0.25, 0.3) is 0 Å². The summed E-state index contributed by atoms with van der Waals surface area (Å²) in [7, 11) is 0. The van der Waals surface area contributed by atoms with Crippen molar-refractivity contribution < 1.29 is 9.59 Å². The van der Waals surface area contributed by atoms with E-state index in [1.807, 2.05) is 4.90 Å². The predicted octanol–water partition coefficient (Wildman–Crippen LogP) is 1.83. The van der Waals surface area contributed by atoms with Gasteiger partial charge in [0.25, 0.3) is 11.5 Å². The average molecular weight is 407 g/mol. The monoisotopic (exact) mass is 407 g/mol. The Morgan fingerprint density at radius 1 is 1.07 bits per heavy atom. The van der Waals surface area contributed by atoms with Crippen LogP contribution in [-0.2, 0) is 17.8 Å². The van der Waals surface area contributed by atoms with Gasteiger partial charge in [0, 0.05) is 42.5 Å². The molecule has 8 heteroatoms. The lowest BCUT2D eigenvalue weighted by molar-refractivity contribution is -0.133. The van der Waals surface area contributed by atoms with Gasteiger partial charge in [-0.3, -0.25) is 19.4 Å². The Morgan fingerprint density at radius 2 is 1.87 bits per heavy atom. The van der Waals surface area contributed by atoms with Crippen molar-refractivity contribution >= 4 is 11.8 Å². The second-order valence-corrected chi connectivity index (χ2v) is 8.41. The van der Waals surface area contributed by atoms with Gasteiger partial charge in [0.05, 0.1) is 18.3 Å². The van der Waals surface area contributed by atoms with Crippen molar-refractivity contribution in [1.82, 2.24) is 24.8 Å². The zero-order valence-electron chi connectivity index (χ0n) is 16.8. The summed E-state index contributed by atoms with van der Waals surface area (Å²) in [6.45, 7) is 1.58. The van der Waals surface area contributed by atoms with Crippen LogP contribution in [0.1, 0.15) is 65.6 Å². The fourth-order valence-corrected chi connectivity index (χ4v) is 4.51. The smallest absolute Gasteiger partial charge is 0.254 e. The Morgan fingerprint density at radius 3 is 2.63 bits per heavy atom. The maximum atomic E-state index is 13.1. The lowest BCUT2D eigenvalue weighted by Gasteiger charge is -2.36. The number of carbonyl (C=O) groups excluding carboxylic acids is 2.